The maximum atomic E-state index is 11.4. The van der Waals surface area contributed by atoms with E-state index in [4.69, 9.17) is 4.74 Å². The van der Waals surface area contributed by atoms with Crippen molar-refractivity contribution in [3.8, 4) is 0 Å². The van der Waals surface area contributed by atoms with Gasteiger partial charge >= 0.3 is 11.6 Å². The number of hydrogen-bond acceptors (Lipinski definition) is 5. The molecule has 0 saturated heterocycles. The van der Waals surface area contributed by atoms with E-state index in [1.807, 2.05) is 0 Å². The lowest BCUT2D eigenvalue weighted by atomic mass is 10.3. The molecule has 1 heterocycles. The van der Waals surface area contributed by atoms with Crippen LogP contribution in [0.1, 0.15) is 34.7 Å². The Balaban J connectivity index is 3.31. The van der Waals surface area contributed by atoms with Crippen molar-refractivity contribution < 1.29 is 18.8 Å². The van der Waals surface area contributed by atoms with Crippen molar-refractivity contribution >= 4 is 11.9 Å². The Hall–Kier alpha value is -1.85. The first-order valence-corrected chi connectivity index (χ1v) is 4.40. The van der Waals surface area contributed by atoms with E-state index in [0.717, 1.165) is 0 Å². The van der Waals surface area contributed by atoms with Gasteiger partial charge in [-0.25, -0.2) is 9.59 Å². The Kier molecular flexibility index (Phi) is 3.08. The summed E-state index contributed by atoms with van der Waals surface area (Å²) in [5.41, 5.74) is -0.786. The van der Waals surface area contributed by atoms with E-state index >= 15 is 0 Å². The minimum atomic E-state index is -0.740. The first kappa shape index (κ1) is 11.2. The minimum absolute atomic E-state index is 0.0728. The Morgan fingerprint density at radius 1 is 1.47 bits per heavy atom. The molecule has 0 aliphatic rings. The molecule has 1 aromatic rings. The fraction of sp³-hybridized carbons (Fsp3) is 0.444. The van der Waals surface area contributed by atoms with Gasteiger partial charge in [0.15, 0.2) is 5.69 Å². The molecule has 0 spiro atoms. The highest BCUT2D eigenvalue weighted by atomic mass is 16.6. The smallest absolute Gasteiger partial charge is 0.362 e. The number of aromatic nitrogens is 1. The van der Waals surface area contributed by atoms with E-state index in [-0.39, 0.29) is 17.9 Å². The highest BCUT2D eigenvalue weighted by molar-refractivity contribution is 5.93. The lowest BCUT2D eigenvalue weighted by Gasteiger charge is -2.02. The molecule has 1 aromatic heterocycles. The van der Waals surface area contributed by atoms with Crippen LogP contribution >= 0.6 is 0 Å². The van der Waals surface area contributed by atoms with Crippen molar-refractivity contribution in [2.45, 2.75) is 20.8 Å². The molecule has 82 valence electrons. The van der Waals surface area contributed by atoms with Crippen LogP contribution in [0.15, 0.2) is 9.32 Å². The fourth-order valence-electron chi connectivity index (χ4n) is 1.10. The van der Waals surface area contributed by atoms with E-state index < -0.39 is 17.5 Å². The molecule has 0 aliphatic carbocycles. The number of rotatable bonds is 2. The van der Waals surface area contributed by atoms with Crippen molar-refractivity contribution in [1.29, 1.82) is 0 Å². The molecule has 0 amide bonds. The second-order valence-electron chi connectivity index (χ2n) is 2.89. The Morgan fingerprint density at radius 2 is 2.07 bits per heavy atom. The van der Waals surface area contributed by atoms with Crippen LogP contribution in [-0.2, 0) is 4.74 Å². The third-order valence-electron chi connectivity index (χ3n) is 1.79. The molecule has 0 unspecified atom stereocenters. The van der Waals surface area contributed by atoms with Gasteiger partial charge in [-0.3, -0.25) is 4.79 Å². The molecular formula is C9H11NO5. The number of carbonyl (C=O) groups is 2. The molecule has 0 aliphatic heterocycles. The third kappa shape index (κ3) is 1.98. The van der Waals surface area contributed by atoms with E-state index in [0.29, 0.717) is 4.74 Å². The quantitative estimate of drug-likeness (QED) is 0.671. The van der Waals surface area contributed by atoms with Gasteiger partial charge in [0.25, 0.3) is 5.91 Å². The Bertz CT molecular complexity index is 454. The molecule has 0 aromatic carbocycles. The van der Waals surface area contributed by atoms with Gasteiger partial charge in [0.2, 0.25) is 0 Å². The van der Waals surface area contributed by atoms with Gasteiger partial charge in [0.1, 0.15) is 0 Å². The van der Waals surface area contributed by atoms with Crippen LogP contribution < -0.4 is 5.63 Å². The number of carbonyl (C=O) groups excluding carboxylic acids is 2. The molecule has 6 nitrogen and oxygen atoms in total. The summed E-state index contributed by atoms with van der Waals surface area (Å²) < 4.78 is 9.94. The summed E-state index contributed by atoms with van der Waals surface area (Å²) in [6, 6.07) is 0. The van der Waals surface area contributed by atoms with Crippen LogP contribution in [-0.4, -0.2) is 23.2 Å². The van der Waals surface area contributed by atoms with Crippen LogP contribution in [0.4, 0.5) is 0 Å². The van der Waals surface area contributed by atoms with Crippen LogP contribution in [0.3, 0.4) is 0 Å². The van der Waals surface area contributed by atoms with Gasteiger partial charge < -0.3 is 9.26 Å². The largest absolute Gasteiger partial charge is 0.461 e. The zero-order valence-corrected chi connectivity index (χ0v) is 8.70. The van der Waals surface area contributed by atoms with Crippen LogP contribution in [0.5, 0.6) is 0 Å². The summed E-state index contributed by atoms with van der Waals surface area (Å²) in [6.07, 6.45) is 0. The van der Waals surface area contributed by atoms with Crippen LogP contribution in [0.2, 0.25) is 0 Å². The molecule has 0 bridgehead atoms. The van der Waals surface area contributed by atoms with Crippen molar-refractivity contribution in [1.82, 2.24) is 4.74 Å². The summed E-state index contributed by atoms with van der Waals surface area (Å²) in [5, 5.41) is 0. The lowest BCUT2D eigenvalue weighted by Crippen LogP contribution is -2.16. The summed E-state index contributed by atoms with van der Waals surface area (Å²) in [7, 11) is 0. The standard InChI is InChI=1S/C9H11NO5/c1-4-14-9(13)7-5(2)8(12)15-10(7)6(3)11/h4H2,1-3H3. The fourth-order valence-corrected chi connectivity index (χ4v) is 1.10. The molecule has 6 heteroatoms. The molecule has 15 heavy (non-hydrogen) atoms. The van der Waals surface area contributed by atoms with Gasteiger partial charge in [0.05, 0.1) is 12.2 Å². The highest BCUT2D eigenvalue weighted by Gasteiger charge is 2.23. The maximum Gasteiger partial charge on any atom is 0.362 e. The van der Waals surface area contributed by atoms with Gasteiger partial charge in [-0.2, -0.15) is 0 Å². The van der Waals surface area contributed by atoms with Crippen molar-refractivity contribution in [3.63, 3.8) is 0 Å². The normalized spacial score (nSPS) is 10.1. The number of ether oxygens (including phenoxy) is 1. The zero-order chi connectivity index (χ0) is 11.6. The number of esters is 1. The first-order chi connectivity index (χ1) is 6.99. The predicted octanol–water partition coefficient (Wildman–Crippen LogP) is 0.587. The molecule has 0 atom stereocenters. The van der Waals surface area contributed by atoms with E-state index in [9.17, 15) is 14.4 Å². The van der Waals surface area contributed by atoms with Crippen LogP contribution in [0, 0.1) is 6.92 Å². The van der Waals surface area contributed by atoms with Crippen molar-refractivity contribution in [2.75, 3.05) is 6.61 Å². The average molecular weight is 213 g/mol. The van der Waals surface area contributed by atoms with Gasteiger partial charge in [-0.05, 0) is 13.8 Å². The van der Waals surface area contributed by atoms with Gasteiger partial charge in [-0.1, -0.05) is 0 Å². The SMILES string of the molecule is CCOC(=O)c1c(C)c(=O)on1C(C)=O. The second-order valence-corrected chi connectivity index (χ2v) is 2.89. The number of hydrogen-bond donors (Lipinski definition) is 0. The summed E-state index contributed by atoms with van der Waals surface area (Å²) in [6.45, 7) is 4.38. The lowest BCUT2D eigenvalue weighted by molar-refractivity contribution is 0.0485. The Morgan fingerprint density at radius 3 is 2.53 bits per heavy atom. The average Bonchev–Trinajstić information content (AvgIpc) is 2.44. The maximum absolute atomic E-state index is 11.4. The Labute approximate surface area is 85.4 Å². The summed E-state index contributed by atoms with van der Waals surface area (Å²) >= 11 is 0. The first-order valence-electron chi connectivity index (χ1n) is 4.40. The third-order valence-corrected chi connectivity index (χ3v) is 1.79. The van der Waals surface area contributed by atoms with Crippen molar-refractivity contribution in [2.24, 2.45) is 0 Å². The minimum Gasteiger partial charge on any atom is -0.461 e. The molecule has 0 radical (unpaired) electrons. The van der Waals surface area contributed by atoms with Crippen molar-refractivity contribution in [3.05, 3.63) is 21.7 Å². The monoisotopic (exact) mass is 213 g/mol. The second kappa shape index (κ2) is 4.12. The highest BCUT2D eigenvalue weighted by Crippen LogP contribution is 2.06. The number of nitrogens with zero attached hydrogens (tertiary/aromatic N) is 1. The van der Waals surface area contributed by atoms with E-state index in [1.165, 1.54) is 13.8 Å². The van der Waals surface area contributed by atoms with E-state index in [1.54, 1.807) is 6.92 Å². The van der Waals surface area contributed by atoms with E-state index in [2.05, 4.69) is 4.52 Å². The molecular weight excluding hydrogens is 202 g/mol. The van der Waals surface area contributed by atoms with Gasteiger partial charge in [-0.15, -0.1) is 4.74 Å². The zero-order valence-electron chi connectivity index (χ0n) is 8.70. The molecule has 0 fully saturated rings. The molecule has 1 rings (SSSR count). The topological polar surface area (TPSA) is 78.5 Å². The molecule has 0 N–H and O–H groups in total. The summed E-state index contributed by atoms with van der Waals surface area (Å²) in [4.78, 5) is 33.6. The van der Waals surface area contributed by atoms with Crippen LogP contribution in [0.25, 0.3) is 0 Å². The molecule has 0 saturated carbocycles. The summed E-state index contributed by atoms with van der Waals surface area (Å²) in [5.74, 6) is -1.29. The van der Waals surface area contributed by atoms with Gasteiger partial charge in [0, 0.05) is 6.92 Å². The predicted molar refractivity (Wildman–Crippen MR) is 50.0 cm³/mol.